The van der Waals surface area contributed by atoms with E-state index in [4.69, 9.17) is 4.74 Å². The molecule has 2 aliphatic carbocycles. The fourth-order valence-corrected chi connectivity index (χ4v) is 3.80. The van der Waals surface area contributed by atoms with Crippen molar-refractivity contribution in [3.63, 3.8) is 0 Å². The van der Waals surface area contributed by atoms with Crippen molar-refractivity contribution >= 4 is 21.9 Å². The Morgan fingerprint density at radius 3 is 2.53 bits per heavy atom. The summed E-state index contributed by atoms with van der Waals surface area (Å²) in [5.41, 5.74) is 0.486. The average Bonchev–Trinajstić information content (AvgIpc) is 2.60. The molecule has 0 N–H and O–H groups in total. The van der Waals surface area contributed by atoms with Gasteiger partial charge in [-0.3, -0.25) is 4.79 Å². The highest BCUT2D eigenvalue weighted by atomic mass is 79.9. The molecule has 0 amide bonds. The minimum atomic E-state index is -0.145. The zero-order valence-electron chi connectivity index (χ0n) is 11.3. The third-order valence-electron chi connectivity index (χ3n) is 5.59. The second-order valence-electron chi connectivity index (χ2n) is 6.41. The highest BCUT2D eigenvalue weighted by Crippen LogP contribution is 2.66. The van der Waals surface area contributed by atoms with Gasteiger partial charge in [0.25, 0.3) is 0 Å². The molecule has 0 aliphatic heterocycles. The molecule has 3 heteroatoms. The Bertz CT molecular complexity index is 326. The van der Waals surface area contributed by atoms with Gasteiger partial charge in [0.05, 0.1) is 0 Å². The van der Waals surface area contributed by atoms with Crippen LogP contribution in [0.1, 0.15) is 53.4 Å². The Kier molecular flexibility index (Phi) is 3.35. The van der Waals surface area contributed by atoms with Gasteiger partial charge in [-0.15, -0.1) is 0 Å². The van der Waals surface area contributed by atoms with Crippen molar-refractivity contribution in [1.82, 2.24) is 0 Å². The van der Waals surface area contributed by atoms with Crippen LogP contribution in [0.2, 0.25) is 0 Å². The highest BCUT2D eigenvalue weighted by molar-refractivity contribution is 9.10. The van der Waals surface area contributed by atoms with Crippen LogP contribution in [-0.2, 0) is 9.53 Å². The van der Waals surface area contributed by atoms with Crippen LogP contribution in [0, 0.1) is 16.7 Å². The Morgan fingerprint density at radius 2 is 2.12 bits per heavy atom. The molecule has 2 fully saturated rings. The lowest BCUT2D eigenvalue weighted by Crippen LogP contribution is -2.39. The van der Waals surface area contributed by atoms with Crippen LogP contribution >= 0.6 is 15.9 Å². The molecule has 0 radical (unpaired) electrons. The van der Waals surface area contributed by atoms with Crippen molar-refractivity contribution in [3.05, 3.63) is 0 Å². The zero-order valence-corrected chi connectivity index (χ0v) is 12.8. The van der Waals surface area contributed by atoms with Crippen molar-refractivity contribution < 1.29 is 9.53 Å². The van der Waals surface area contributed by atoms with E-state index in [-0.39, 0.29) is 22.3 Å². The first-order valence-corrected chi connectivity index (χ1v) is 7.59. The van der Waals surface area contributed by atoms with Gasteiger partial charge < -0.3 is 4.74 Å². The summed E-state index contributed by atoms with van der Waals surface area (Å²) in [6, 6.07) is 0. The number of hydrogen-bond acceptors (Lipinski definition) is 2. The van der Waals surface area contributed by atoms with Crippen molar-refractivity contribution in [2.24, 2.45) is 16.7 Å². The monoisotopic (exact) mass is 302 g/mol. The number of fused-ring (bicyclic) bond motifs is 2. The molecule has 4 unspecified atom stereocenters. The maximum atomic E-state index is 11.9. The van der Waals surface area contributed by atoms with Crippen LogP contribution in [0.4, 0.5) is 0 Å². The topological polar surface area (TPSA) is 26.3 Å². The Balaban J connectivity index is 2.08. The second-order valence-corrected chi connectivity index (χ2v) is 7.52. The molecule has 2 aliphatic rings. The van der Waals surface area contributed by atoms with Crippen molar-refractivity contribution in [2.75, 3.05) is 0 Å². The molecule has 0 saturated heterocycles. The first kappa shape index (κ1) is 13.4. The summed E-state index contributed by atoms with van der Waals surface area (Å²) in [5.74, 6) is 0.641. The molecule has 2 nitrogen and oxygen atoms in total. The molecule has 2 rings (SSSR count). The Hall–Kier alpha value is -0.0500. The van der Waals surface area contributed by atoms with Gasteiger partial charge in [-0.1, -0.05) is 43.6 Å². The molecule has 0 aromatic rings. The maximum absolute atomic E-state index is 11.9. The van der Waals surface area contributed by atoms with E-state index in [9.17, 15) is 4.79 Å². The SMILES string of the molecule is CCC(Br)C(=O)OC1CC2CCC1(C)C2(C)C. The fourth-order valence-electron chi connectivity index (χ4n) is 3.69. The lowest BCUT2D eigenvalue weighted by molar-refractivity contribution is -0.156. The Labute approximate surface area is 113 Å². The van der Waals surface area contributed by atoms with E-state index in [0.717, 1.165) is 18.8 Å². The average molecular weight is 303 g/mol. The molecule has 2 bridgehead atoms. The summed E-state index contributed by atoms with van der Waals surface area (Å²) in [6.07, 6.45) is 4.45. The van der Waals surface area contributed by atoms with Crippen LogP contribution < -0.4 is 0 Å². The number of esters is 1. The number of hydrogen-bond donors (Lipinski definition) is 0. The van der Waals surface area contributed by atoms with Crippen LogP contribution in [-0.4, -0.2) is 16.9 Å². The van der Waals surface area contributed by atoms with E-state index >= 15 is 0 Å². The van der Waals surface area contributed by atoms with Crippen molar-refractivity contribution in [3.8, 4) is 0 Å². The summed E-state index contributed by atoms with van der Waals surface area (Å²) in [5, 5.41) is 0. The number of carbonyl (C=O) groups excluding carboxylic acids is 1. The van der Waals surface area contributed by atoms with Gasteiger partial charge in [-0.25, -0.2) is 0 Å². The van der Waals surface area contributed by atoms with Gasteiger partial charge >= 0.3 is 5.97 Å². The molecular weight excluding hydrogens is 280 g/mol. The maximum Gasteiger partial charge on any atom is 0.319 e. The lowest BCUT2D eigenvalue weighted by atomic mass is 9.70. The van der Waals surface area contributed by atoms with Gasteiger partial charge in [0.2, 0.25) is 0 Å². The first-order chi connectivity index (χ1) is 7.83. The molecule has 2 saturated carbocycles. The van der Waals surface area contributed by atoms with Gasteiger partial charge in [-0.05, 0) is 37.0 Å². The molecule has 98 valence electrons. The highest BCUT2D eigenvalue weighted by Gasteiger charge is 2.62. The smallest absolute Gasteiger partial charge is 0.319 e. The van der Waals surface area contributed by atoms with Crippen LogP contribution in [0.25, 0.3) is 0 Å². The minimum absolute atomic E-state index is 0.0814. The normalized spacial score (nSPS) is 40.3. The van der Waals surface area contributed by atoms with E-state index in [1.165, 1.54) is 12.8 Å². The minimum Gasteiger partial charge on any atom is -0.461 e. The molecule has 0 heterocycles. The summed E-state index contributed by atoms with van der Waals surface area (Å²) < 4.78 is 5.75. The largest absolute Gasteiger partial charge is 0.461 e. The summed E-state index contributed by atoms with van der Waals surface area (Å²) in [6.45, 7) is 8.97. The lowest BCUT2D eigenvalue weighted by Gasteiger charge is -2.38. The Morgan fingerprint density at radius 1 is 1.47 bits per heavy atom. The molecule has 0 spiro atoms. The predicted molar refractivity (Wildman–Crippen MR) is 72.1 cm³/mol. The number of halogens is 1. The van der Waals surface area contributed by atoms with Crippen LogP contribution in [0.3, 0.4) is 0 Å². The van der Waals surface area contributed by atoms with E-state index in [2.05, 4.69) is 36.7 Å². The number of carbonyl (C=O) groups is 1. The van der Waals surface area contributed by atoms with Gasteiger partial charge in [-0.2, -0.15) is 0 Å². The standard InChI is InChI=1S/C14H23BrO2/c1-5-10(15)12(16)17-11-8-9-6-7-14(11,4)13(9,2)3/h9-11H,5-8H2,1-4H3. The number of ether oxygens (including phenoxy) is 1. The third-order valence-corrected chi connectivity index (χ3v) is 6.61. The molecule has 4 atom stereocenters. The second kappa shape index (κ2) is 4.25. The molecular formula is C14H23BrO2. The zero-order chi connectivity index (χ0) is 12.8. The van der Waals surface area contributed by atoms with Gasteiger partial charge in [0.15, 0.2) is 0 Å². The van der Waals surface area contributed by atoms with Crippen molar-refractivity contribution in [2.45, 2.75) is 64.3 Å². The van der Waals surface area contributed by atoms with Crippen LogP contribution in [0.5, 0.6) is 0 Å². The quantitative estimate of drug-likeness (QED) is 0.583. The first-order valence-electron chi connectivity index (χ1n) is 6.67. The van der Waals surface area contributed by atoms with Gasteiger partial charge in [0.1, 0.15) is 10.9 Å². The summed E-state index contributed by atoms with van der Waals surface area (Å²) in [7, 11) is 0. The third kappa shape index (κ3) is 1.85. The van der Waals surface area contributed by atoms with E-state index < -0.39 is 0 Å². The van der Waals surface area contributed by atoms with Crippen LogP contribution in [0.15, 0.2) is 0 Å². The van der Waals surface area contributed by atoms with Crippen molar-refractivity contribution in [1.29, 1.82) is 0 Å². The summed E-state index contributed by atoms with van der Waals surface area (Å²) >= 11 is 3.37. The molecule has 0 aromatic heterocycles. The fraction of sp³-hybridized carbons (Fsp3) is 0.929. The number of alkyl halides is 1. The van der Waals surface area contributed by atoms with E-state index in [1.54, 1.807) is 0 Å². The summed E-state index contributed by atoms with van der Waals surface area (Å²) in [4.78, 5) is 11.7. The van der Waals surface area contributed by atoms with Gasteiger partial charge in [0, 0.05) is 5.41 Å². The predicted octanol–water partition coefficient (Wildman–Crippen LogP) is 3.92. The molecule has 17 heavy (non-hydrogen) atoms. The van der Waals surface area contributed by atoms with E-state index in [1.807, 2.05) is 6.92 Å². The molecule has 0 aromatic carbocycles. The van der Waals surface area contributed by atoms with E-state index in [0.29, 0.717) is 5.41 Å². The number of rotatable bonds is 3.